The standard InChI is InChI=1S/C16H24N2O/c1-11(2)19-13-7-8-16-15(10-13)14(12(3)18-16)6-5-9-17-4/h7-8,10-11,17-18H,5-6,9H2,1-4H3. The molecule has 1 aromatic heterocycles. The molecule has 3 heteroatoms. The zero-order valence-corrected chi connectivity index (χ0v) is 12.3. The quantitative estimate of drug-likeness (QED) is 0.781. The molecule has 0 amide bonds. The van der Waals surface area contributed by atoms with Crippen LogP contribution in [0.15, 0.2) is 18.2 Å². The van der Waals surface area contributed by atoms with Gasteiger partial charge in [0.05, 0.1) is 6.10 Å². The van der Waals surface area contributed by atoms with Crippen LogP contribution in [0, 0.1) is 6.92 Å². The average molecular weight is 260 g/mol. The normalized spacial score (nSPS) is 11.4. The minimum atomic E-state index is 0.213. The van der Waals surface area contributed by atoms with Crippen LogP contribution in [0.5, 0.6) is 5.75 Å². The number of rotatable bonds is 6. The number of fused-ring (bicyclic) bond motifs is 1. The maximum Gasteiger partial charge on any atom is 0.120 e. The summed E-state index contributed by atoms with van der Waals surface area (Å²) >= 11 is 0. The Hall–Kier alpha value is -1.48. The molecule has 104 valence electrons. The van der Waals surface area contributed by atoms with E-state index in [1.54, 1.807) is 0 Å². The lowest BCUT2D eigenvalue weighted by atomic mass is 10.1. The lowest BCUT2D eigenvalue weighted by Gasteiger charge is -2.10. The van der Waals surface area contributed by atoms with Crippen LogP contribution in [0.2, 0.25) is 0 Å². The lowest BCUT2D eigenvalue weighted by Crippen LogP contribution is -2.08. The number of hydrogen-bond donors (Lipinski definition) is 2. The minimum absolute atomic E-state index is 0.213. The summed E-state index contributed by atoms with van der Waals surface area (Å²) in [5, 5.41) is 4.50. The Morgan fingerprint density at radius 2 is 2.11 bits per heavy atom. The van der Waals surface area contributed by atoms with Gasteiger partial charge in [0.2, 0.25) is 0 Å². The highest BCUT2D eigenvalue weighted by Crippen LogP contribution is 2.27. The number of hydrogen-bond acceptors (Lipinski definition) is 2. The molecule has 0 aliphatic heterocycles. The predicted molar refractivity (Wildman–Crippen MR) is 81.0 cm³/mol. The van der Waals surface area contributed by atoms with Gasteiger partial charge in [-0.15, -0.1) is 0 Å². The highest BCUT2D eigenvalue weighted by atomic mass is 16.5. The monoisotopic (exact) mass is 260 g/mol. The molecular formula is C16H24N2O. The molecule has 0 aliphatic rings. The fourth-order valence-electron chi connectivity index (χ4n) is 2.47. The van der Waals surface area contributed by atoms with Crippen molar-refractivity contribution in [3.8, 4) is 5.75 Å². The Labute approximate surface area is 115 Å². The van der Waals surface area contributed by atoms with E-state index in [0.717, 1.165) is 25.1 Å². The molecule has 0 saturated heterocycles. The van der Waals surface area contributed by atoms with Crippen molar-refractivity contribution >= 4 is 10.9 Å². The van der Waals surface area contributed by atoms with Crippen LogP contribution < -0.4 is 10.1 Å². The van der Waals surface area contributed by atoms with Crippen LogP contribution in [0.25, 0.3) is 10.9 Å². The lowest BCUT2D eigenvalue weighted by molar-refractivity contribution is 0.243. The first-order chi connectivity index (χ1) is 9.11. The van der Waals surface area contributed by atoms with E-state index in [2.05, 4.69) is 43.2 Å². The number of benzene rings is 1. The summed E-state index contributed by atoms with van der Waals surface area (Å²) in [7, 11) is 2.00. The number of H-pyrrole nitrogens is 1. The van der Waals surface area contributed by atoms with Gasteiger partial charge in [0.25, 0.3) is 0 Å². The molecule has 0 bridgehead atoms. The molecule has 3 nitrogen and oxygen atoms in total. The summed E-state index contributed by atoms with van der Waals surface area (Å²) in [4.78, 5) is 3.46. The highest BCUT2D eigenvalue weighted by Gasteiger charge is 2.09. The Balaban J connectivity index is 2.30. The fraction of sp³-hybridized carbons (Fsp3) is 0.500. The molecule has 2 rings (SSSR count). The molecule has 0 unspecified atom stereocenters. The van der Waals surface area contributed by atoms with Gasteiger partial charge in [-0.2, -0.15) is 0 Å². The van der Waals surface area contributed by atoms with Crippen molar-refractivity contribution < 1.29 is 4.74 Å². The van der Waals surface area contributed by atoms with Crippen LogP contribution in [-0.4, -0.2) is 24.7 Å². The van der Waals surface area contributed by atoms with E-state index in [1.165, 1.54) is 22.2 Å². The Kier molecular flexibility index (Phi) is 4.48. The van der Waals surface area contributed by atoms with Crippen molar-refractivity contribution in [2.75, 3.05) is 13.6 Å². The van der Waals surface area contributed by atoms with Crippen LogP contribution in [-0.2, 0) is 6.42 Å². The van der Waals surface area contributed by atoms with Gasteiger partial charge >= 0.3 is 0 Å². The molecule has 19 heavy (non-hydrogen) atoms. The average Bonchev–Trinajstić information content (AvgIpc) is 2.65. The van der Waals surface area contributed by atoms with Crippen molar-refractivity contribution in [2.24, 2.45) is 0 Å². The molecule has 2 N–H and O–H groups in total. The van der Waals surface area contributed by atoms with Gasteiger partial charge in [-0.25, -0.2) is 0 Å². The first-order valence-corrected chi connectivity index (χ1v) is 7.04. The van der Waals surface area contributed by atoms with Gasteiger partial charge in [-0.1, -0.05) is 0 Å². The zero-order chi connectivity index (χ0) is 13.8. The molecular weight excluding hydrogens is 236 g/mol. The predicted octanol–water partition coefficient (Wildman–Crippen LogP) is 3.42. The molecule has 0 saturated carbocycles. The van der Waals surface area contributed by atoms with Gasteiger partial charge in [-0.3, -0.25) is 0 Å². The van der Waals surface area contributed by atoms with Crippen LogP contribution in [0.1, 0.15) is 31.5 Å². The smallest absolute Gasteiger partial charge is 0.120 e. The number of aryl methyl sites for hydroxylation is 2. The first kappa shape index (κ1) is 13.9. The van der Waals surface area contributed by atoms with Crippen LogP contribution in [0.3, 0.4) is 0 Å². The van der Waals surface area contributed by atoms with E-state index in [0.29, 0.717) is 0 Å². The van der Waals surface area contributed by atoms with Crippen molar-refractivity contribution in [1.29, 1.82) is 0 Å². The van der Waals surface area contributed by atoms with E-state index < -0.39 is 0 Å². The van der Waals surface area contributed by atoms with Gasteiger partial charge in [0.15, 0.2) is 0 Å². The van der Waals surface area contributed by atoms with E-state index >= 15 is 0 Å². The van der Waals surface area contributed by atoms with Crippen LogP contribution >= 0.6 is 0 Å². The molecule has 2 aromatic rings. The SMILES string of the molecule is CNCCCc1c(C)[nH]c2ccc(OC(C)C)cc12. The topological polar surface area (TPSA) is 37.0 Å². The summed E-state index contributed by atoms with van der Waals surface area (Å²) in [6, 6.07) is 6.31. The van der Waals surface area contributed by atoms with E-state index in [4.69, 9.17) is 4.74 Å². The zero-order valence-electron chi connectivity index (χ0n) is 12.3. The number of aromatic nitrogens is 1. The second-order valence-electron chi connectivity index (χ2n) is 5.31. The summed E-state index contributed by atoms with van der Waals surface area (Å²) in [5.74, 6) is 0.955. The summed E-state index contributed by atoms with van der Waals surface area (Å²) < 4.78 is 5.79. The van der Waals surface area contributed by atoms with Gasteiger partial charge in [0, 0.05) is 16.6 Å². The van der Waals surface area contributed by atoms with Crippen molar-refractivity contribution in [1.82, 2.24) is 10.3 Å². The van der Waals surface area contributed by atoms with Crippen LogP contribution in [0.4, 0.5) is 0 Å². The summed E-state index contributed by atoms with van der Waals surface area (Å²) in [6.45, 7) is 7.31. The molecule has 0 aliphatic carbocycles. The highest BCUT2D eigenvalue weighted by molar-refractivity contribution is 5.86. The molecule has 0 spiro atoms. The Morgan fingerprint density at radius 3 is 2.79 bits per heavy atom. The Bertz CT molecular complexity index is 543. The number of aromatic amines is 1. The molecule has 0 fully saturated rings. The van der Waals surface area contributed by atoms with E-state index in [9.17, 15) is 0 Å². The Morgan fingerprint density at radius 1 is 1.32 bits per heavy atom. The summed E-state index contributed by atoms with van der Waals surface area (Å²) in [6.07, 6.45) is 2.46. The second-order valence-corrected chi connectivity index (χ2v) is 5.31. The van der Waals surface area contributed by atoms with E-state index in [1.807, 2.05) is 13.1 Å². The third-order valence-electron chi connectivity index (χ3n) is 3.32. The maximum atomic E-state index is 5.79. The third kappa shape index (κ3) is 3.29. The van der Waals surface area contributed by atoms with Gasteiger partial charge in [0.1, 0.15) is 5.75 Å². The van der Waals surface area contributed by atoms with Gasteiger partial charge in [-0.05, 0) is 71.0 Å². The fourth-order valence-corrected chi connectivity index (χ4v) is 2.47. The van der Waals surface area contributed by atoms with Gasteiger partial charge < -0.3 is 15.0 Å². The van der Waals surface area contributed by atoms with Crippen molar-refractivity contribution in [3.63, 3.8) is 0 Å². The third-order valence-corrected chi connectivity index (χ3v) is 3.32. The molecule has 1 heterocycles. The second kappa shape index (κ2) is 6.11. The molecule has 1 aromatic carbocycles. The van der Waals surface area contributed by atoms with E-state index in [-0.39, 0.29) is 6.10 Å². The largest absolute Gasteiger partial charge is 0.491 e. The molecule has 0 radical (unpaired) electrons. The molecule has 0 atom stereocenters. The minimum Gasteiger partial charge on any atom is -0.491 e. The summed E-state index contributed by atoms with van der Waals surface area (Å²) in [5.41, 5.74) is 3.89. The van der Waals surface area contributed by atoms with Crippen molar-refractivity contribution in [2.45, 2.75) is 39.7 Å². The first-order valence-electron chi connectivity index (χ1n) is 7.04. The number of nitrogens with one attached hydrogen (secondary N) is 2. The maximum absolute atomic E-state index is 5.79. The number of ether oxygens (including phenoxy) is 1. The van der Waals surface area contributed by atoms with Crippen molar-refractivity contribution in [3.05, 3.63) is 29.5 Å².